The highest BCUT2D eigenvalue weighted by atomic mass is 31.1. The molecule has 4 atom stereocenters. The van der Waals surface area contributed by atoms with E-state index < -0.39 is 31.2 Å². The van der Waals surface area contributed by atoms with Crippen molar-refractivity contribution in [2.45, 2.75) is 98.8 Å². The van der Waals surface area contributed by atoms with Gasteiger partial charge in [0.1, 0.15) is 5.30 Å². The standard InChI is InChI=1S/C26H43F4P/c1-6-10-12-21(9-4)15-16-31(18-19(5)13-14-20(8-3)11-7-2)23-17-22(27)24(28)26(30)25(23)29/h17,19-21H,6-16,18H2,1-5H3/p+1. The maximum Gasteiger partial charge on any atom is 0.203 e. The van der Waals surface area contributed by atoms with Gasteiger partial charge in [-0.3, -0.25) is 0 Å². The van der Waals surface area contributed by atoms with Crippen molar-refractivity contribution < 1.29 is 17.6 Å². The molecule has 0 radical (unpaired) electrons. The van der Waals surface area contributed by atoms with E-state index in [1.165, 1.54) is 19.3 Å². The molecule has 0 amide bonds. The lowest BCUT2D eigenvalue weighted by Gasteiger charge is -2.21. The van der Waals surface area contributed by atoms with Crippen molar-refractivity contribution in [3.8, 4) is 0 Å². The molecule has 0 saturated heterocycles. The summed E-state index contributed by atoms with van der Waals surface area (Å²) in [5.41, 5.74) is 0. The fourth-order valence-corrected chi connectivity index (χ4v) is 7.85. The van der Waals surface area contributed by atoms with Crippen LogP contribution in [0, 0.1) is 41.0 Å². The SMILES string of the molecule is CCCCC(CC)CC[PH+](CC(C)CCC(CC)CCC)c1cc(F)c(F)c(F)c1F. The minimum Gasteiger partial charge on any atom is -0.203 e. The molecule has 0 saturated carbocycles. The van der Waals surface area contributed by atoms with Gasteiger partial charge in [0.2, 0.25) is 11.6 Å². The van der Waals surface area contributed by atoms with Crippen LogP contribution in [0.5, 0.6) is 0 Å². The first kappa shape index (κ1) is 28.4. The van der Waals surface area contributed by atoms with E-state index in [-0.39, 0.29) is 5.30 Å². The van der Waals surface area contributed by atoms with Crippen molar-refractivity contribution in [3.63, 3.8) is 0 Å². The van der Waals surface area contributed by atoms with Gasteiger partial charge in [-0.1, -0.05) is 86.0 Å². The Morgan fingerprint density at radius 3 is 1.97 bits per heavy atom. The predicted octanol–water partition coefficient (Wildman–Crippen LogP) is 8.93. The van der Waals surface area contributed by atoms with Gasteiger partial charge in [0.15, 0.2) is 11.6 Å². The minimum atomic E-state index is -1.70. The van der Waals surface area contributed by atoms with Crippen LogP contribution in [0.1, 0.15) is 98.8 Å². The summed E-state index contributed by atoms with van der Waals surface area (Å²) < 4.78 is 56.2. The number of unbranched alkanes of at least 4 members (excludes halogenated alkanes) is 1. The zero-order valence-corrected chi connectivity index (χ0v) is 21.3. The third-order valence-electron chi connectivity index (χ3n) is 6.82. The van der Waals surface area contributed by atoms with Gasteiger partial charge in [0.25, 0.3) is 0 Å². The van der Waals surface area contributed by atoms with Crippen LogP contribution in [0.4, 0.5) is 17.6 Å². The molecule has 0 aliphatic rings. The van der Waals surface area contributed by atoms with E-state index in [9.17, 15) is 17.6 Å². The summed E-state index contributed by atoms with van der Waals surface area (Å²) in [7, 11) is -1.53. The molecule has 1 rings (SSSR count). The third-order valence-corrected chi connectivity index (χ3v) is 10.0. The monoisotopic (exact) mass is 463 g/mol. The van der Waals surface area contributed by atoms with Crippen LogP contribution < -0.4 is 5.30 Å². The Kier molecular flexibility index (Phi) is 14.0. The molecule has 5 heteroatoms. The first-order valence-corrected chi connectivity index (χ1v) is 14.4. The van der Waals surface area contributed by atoms with Crippen molar-refractivity contribution in [1.29, 1.82) is 0 Å². The summed E-state index contributed by atoms with van der Waals surface area (Å²) in [5, 5.41) is 0.110. The molecule has 0 aliphatic heterocycles. The Bertz CT molecular complexity index is 634. The predicted molar refractivity (Wildman–Crippen MR) is 129 cm³/mol. The molecule has 180 valence electrons. The second kappa shape index (κ2) is 15.3. The number of hydrogen-bond acceptors (Lipinski definition) is 0. The molecule has 1 aromatic carbocycles. The topological polar surface area (TPSA) is 0 Å². The Balaban J connectivity index is 2.98. The quantitative estimate of drug-likeness (QED) is 0.0993. The zero-order chi connectivity index (χ0) is 23.4. The average Bonchev–Trinajstić information content (AvgIpc) is 2.76. The summed E-state index contributed by atoms with van der Waals surface area (Å²) in [6.45, 7) is 10.9. The molecule has 0 N–H and O–H groups in total. The van der Waals surface area contributed by atoms with Gasteiger partial charge in [-0.15, -0.1) is 0 Å². The lowest BCUT2D eigenvalue weighted by molar-refractivity contribution is 0.389. The van der Waals surface area contributed by atoms with E-state index in [1.807, 2.05) is 0 Å². The van der Waals surface area contributed by atoms with E-state index in [0.29, 0.717) is 17.8 Å². The van der Waals surface area contributed by atoms with E-state index >= 15 is 0 Å². The fraction of sp³-hybridized carbons (Fsp3) is 0.769. The summed E-state index contributed by atoms with van der Waals surface area (Å²) in [5.74, 6) is -4.16. The highest BCUT2D eigenvalue weighted by Gasteiger charge is 2.31. The highest BCUT2D eigenvalue weighted by molar-refractivity contribution is 7.65. The third kappa shape index (κ3) is 9.40. The molecule has 0 fully saturated rings. The van der Waals surface area contributed by atoms with Gasteiger partial charge >= 0.3 is 0 Å². The molecule has 0 bridgehead atoms. The highest BCUT2D eigenvalue weighted by Crippen LogP contribution is 2.42. The molecule has 0 heterocycles. The number of benzene rings is 1. The Hall–Kier alpha value is -0.630. The lowest BCUT2D eigenvalue weighted by Crippen LogP contribution is -2.19. The van der Waals surface area contributed by atoms with Crippen molar-refractivity contribution in [3.05, 3.63) is 29.3 Å². The summed E-state index contributed by atoms with van der Waals surface area (Å²) >= 11 is 0. The Morgan fingerprint density at radius 2 is 1.39 bits per heavy atom. The maximum atomic E-state index is 14.7. The molecule has 4 unspecified atom stereocenters. The molecule has 1 aromatic rings. The summed E-state index contributed by atoms with van der Waals surface area (Å²) in [6.07, 6.45) is 12.8. The van der Waals surface area contributed by atoms with Crippen molar-refractivity contribution >= 4 is 13.2 Å². The van der Waals surface area contributed by atoms with Crippen molar-refractivity contribution in [2.24, 2.45) is 17.8 Å². The first-order chi connectivity index (χ1) is 14.8. The van der Waals surface area contributed by atoms with Crippen LogP contribution in [0.25, 0.3) is 0 Å². The summed E-state index contributed by atoms with van der Waals surface area (Å²) in [6, 6.07) is 0.938. The van der Waals surface area contributed by atoms with Crippen molar-refractivity contribution in [1.82, 2.24) is 0 Å². The largest absolute Gasteiger partial charge is 0.203 e. The van der Waals surface area contributed by atoms with Gasteiger partial charge in [-0.25, -0.2) is 13.2 Å². The molecule has 0 nitrogen and oxygen atoms in total. The molecular weight excluding hydrogens is 419 g/mol. The fourth-order valence-electron chi connectivity index (χ4n) is 4.60. The molecule has 0 aromatic heterocycles. The molecule has 0 spiro atoms. The van der Waals surface area contributed by atoms with E-state index in [1.54, 1.807) is 0 Å². The smallest absolute Gasteiger partial charge is 0.203 e. The molecule has 0 aliphatic carbocycles. The van der Waals surface area contributed by atoms with Crippen LogP contribution in [0.15, 0.2) is 6.07 Å². The average molecular weight is 464 g/mol. The van der Waals surface area contributed by atoms with Gasteiger partial charge in [-0.2, -0.15) is 4.39 Å². The number of hydrogen-bond donors (Lipinski definition) is 0. The van der Waals surface area contributed by atoms with Crippen LogP contribution >= 0.6 is 7.92 Å². The van der Waals surface area contributed by atoms with E-state index in [0.717, 1.165) is 63.3 Å². The van der Waals surface area contributed by atoms with Gasteiger partial charge in [0, 0.05) is 14.0 Å². The van der Waals surface area contributed by atoms with Gasteiger partial charge < -0.3 is 0 Å². The van der Waals surface area contributed by atoms with Crippen molar-refractivity contribution in [2.75, 3.05) is 12.3 Å². The van der Waals surface area contributed by atoms with E-state index in [2.05, 4.69) is 34.6 Å². The van der Waals surface area contributed by atoms with E-state index in [4.69, 9.17) is 0 Å². The second-order valence-corrected chi connectivity index (χ2v) is 12.0. The Morgan fingerprint density at radius 1 is 0.742 bits per heavy atom. The Labute approximate surface area is 189 Å². The molecule has 31 heavy (non-hydrogen) atoms. The van der Waals surface area contributed by atoms with Crippen LogP contribution in [-0.2, 0) is 0 Å². The zero-order valence-electron chi connectivity index (χ0n) is 20.3. The second-order valence-electron chi connectivity index (χ2n) is 9.36. The minimum absolute atomic E-state index is 0.110. The normalized spacial score (nSPS) is 15.6. The van der Waals surface area contributed by atoms with Gasteiger partial charge in [0.05, 0.1) is 12.3 Å². The number of rotatable bonds is 16. The maximum absolute atomic E-state index is 14.7. The molecular formula is C26H44F4P+. The van der Waals surface area contributed by atoms with Crippen LogP contribution in [0.2, 0.25) is 0 Å². The summed E-state index contributed by atoms with van der Waals surface area (Å²) in [4.78, 5) is 0. The van der Waals surface area contributed by atoms with Crippen LogP contribution in [0.3, 0.4) is 0 Å². The van der Waals surface area contributed by atoms with Gasteiger partial charge in [-0.05, 0) is 30.6 Å². The number of halogens is 4. The van der Waals surface area contributed by atoms with Crippen LogP contribution in [-0.4, -0.2) is 12.3 Å². The first-order valence-electron chi connectivity index (χ1n) is 12.5. The lowest BCUT2D eigenvalue weighted by atomic mass is 9.92.